The van der Waals surface area contributed by atoms with Gasteiger partial charge in [-0.05, 0) is 37.0 Å². The fourth-order valence-electron chi connectivity index (χ4n) is 2.95. The van der Waals surface area contributed by atoms with Crippen LogP contribution in [0.15, 0.2) is 24.3 Å². The van der Waals surface area contributed by atoms with Gasteiger partial charge in [0.15, 0.2) is 0 Å². The summed E-state index contributed by atoms with van der Waals surface area (Å²) in [7, 11) is 0. The number of nitrogen functional groups attached to an aromatic ring is 1. The Labute approximate surface area is 110 Å². The van der Waals surface area contributed by atoms with Crippen molar-refractivity contribution in [3.05, 3.63) is 24.3 Å². The topological polar surface area (TPSA) is 32.5 Å². The lowest BCUT2D eigenvalue weighted by molar-refractivity contribution is 0.170. The van der Waals surface area contributed by atoms with Crippen LogP contribution in [0.25, 0.3) is 0 Å². The summed E-state index contributed by atoms with van der Waals surface area (Å²) in [6, 6.07) is 8.25. The molecular weight excluding hydrogens is 222 g/mol. The second-order valence-corrected chi connectivity index (χ2v) is 5.68. The fraction of sp³-hybridized carbons (Fsp3) is 0.600. The molecule has 1 aliphatic carbocycles. The molecule has 0 atom stereocenters. The van der Waals surface area contributed by atoms with Crippen molar-refractivity contribution >= 4 is 11.4 Å². The Morgan fingerprint density at radius 2 is 1.89 bits per heavy atom. The van der Waals surface area contributed by atoms with Crippen LogP contribution in [0.5, 0.6) is 0 Å². The molecule has 0 aromatic heterocycles. The van der Waals surface area contributed by atoms with Crippen LogP contribution in [-0.2, 0) is 0 Å². The van der Waals surface area contributed by atoms with Crippen LogP contribution in [0.4, 0.5) is 11.4 Å². The van der Waals surface area contributed by atoms with Gasteiger partial charge in [0, 0.05) is 44.1 Å². The summed E-state index contributed by atoms with van der Waals surface area (Å²) < 4.78 is 0. The van der Waals surface area contributed by atoms with Gasteiger partial charge in [0.1, 0.15) is 0 Å². The van der Waals surface area contributed by atoms with E-state index in [9.17, 15) is 0 Å². The van der Waals surface area contributed by atoms with Crippen molar-refractivity contribution in [3.63, 3.8) is 0 Å². The summed E-state index contributed by atoms with van der Waals surface area (Å²) in [6.07, 6.45) is 4.36. The maximum atomic E-state index is 5.85. The summed E-state index contributed by atoms with van der Waals surface area (Å²) in [5.41, 5.74) is 7.99. The minimum Gasteiger partial charge on any atom is -0.399 e. The van der Waals surface area contributed by atoms with E-state index < -0.39 is 0 Å². The summed E-state index contributed by atoms with van der Waals surface area (Å²) in [4.78, 5) is 5.08. The van der Waals surface area contributed by atoms with Gasteiger partial charge in [-0.15, -0.1) is 0 Å². The summed E-state index contributed by atoms with van der Waals surface area (Å²) in [5.74, 6) is 0.990. The highest BCUT2D eigenvalue weighted by molar-refractivity contribution is 5.56. The quantitative estimate of drug-likeness (QED) is 0.829. The molecule has 2 aliphatic rings. The first-order chi connectivity index (χ1) is 8.81. The second kappa shape index (κ2) is 5.19. The maximum absolute atomic E-state index is 5.85. The van der Waals surface area contributed by atoms with Gasteiger partial charge in [0.2, 0.25) is 0 Å². The van der Waals surface area contributed by atoms with Crippen LogP contribution in [0, 0.1) is 5.92 Å². The van der Waals surface area contributed by atoms with E-state index in [4.69, 9.17) is 5.73 Å². The highest BCUT2D eigenvalue weighted by Crippen LogP contribution is 2.27. The van der Waals surface area contributed by atoms with E-state index in [1.165, 1.54) is 44.6 Å². The molecule has 0 spiro atoms. The molecule has 1 heterocycles. The zero-order chi connectivity index (χ0) is 12.4. The van der Waals surface area contributed by atoms with Crippen LogP contribution in [-0.4, -0.2) is 37.6 Å². The van der Waals surface area contributed by atoms with Crippen LogP contribution in [0.1, 0.15) is 19.3 Å². The number of hydrogen-bond donors (Lipinski definition) is 1. The van der Waals surface area contributed by atoms with Crippen LogP contribution >= 0.6 is 0 Å². The van der Waals surface area contributed by atoms with Gasteiger partial charge in [0.25, 0.3) is 0 Å². The molecular formula is C15H23N3. The second-order valence-electron chi connectivity index (χ2n) is 5.68. The molecule has 1 aliphatic heterocycles. The number of nitrogens with zero attached hydrogens (tertiary/aromatic N) is 2. The average molecular weight is 245 g/mol. The average Bonchev–Trinajstić information content (AvgIpc) is 2.35. The van der Waals surface area contributed by atoms with Crippen LogP contribution in [0.3, 0.4) is 0 Å². The zero-order valence-electron chi connectivity index (χ0n) is 11.0. The molecule has 0 unspecified atom stereocenters. The van der Waals surface area contributed by atoms with Crippen molar-refractivity contribution < 1.29 is 0 Å². The van der Waals surface area contributed by atoms with E-state index in [0.717, 1.165) is 24.7 Å². The molecule has 1 aromatic rings. The van der Waals surface area contributed by atoms with E-state index in [1.54, 1.807) is 0 Å². The SMILES string of the molecule is Nc1cccc(N2CCN(CC3CCC3)CC2)c1. The zero-order valence-corrected chi connectivity index (χ0v) is 11.0. The van der Waals surface area contributed by atoms with Gasteiger partial charge in [-0.25, -0.2) is 0 Å². The number of nitrogens with two attached hydrogens (primary N) is 1. The first kappa shape index (κ1) is 11.8. The standard InChI is InChI=1S/C15H23N3/c16-14-5-2-6-15(11-14)18-9-7-17(8-10-18)12-13-3-1-4-13/h2,5-6,11,13H,1,3-4,7-10,12,16H2. The molecule has 18 heavy (non-hydrogen) atoms. The molecule has 1 aromatic carbocycles. The Morgan fingerprint density at radius 1 is 1.11 bits per heavy atom. The molecule has 2 fully saturated rings. The summed E-state index contributed by atoms with van der Waals surface area (Å²) >= 11 is 0. The smallest absolute Gasteiger partial charge is 0.0387 e. The Kier molecular flexibility index (Phi) is 3.41. The molecule has 2 N–H and O–H groups in total. The van der Waals surface area contributed by atoms with Crippen molar-refractivity contribution in [1.29, 1.82) is 0 Å². The predicted octanol–water partition coefficient (Wildman–Crippen LogP) is 2.19. The molecule has 3 nitrogen and oxygen atoms in total. The molecule has 98 valence electrons. The number of hydrogen-bond acceptors (Lipinski definition) is 3. The van der Waals surface area contributed by atoms with E-state index in [-0.39, 0.29) is 0 Å². The Balaban J connectivity index is 1.53. The lowest BCUT2D eigenvalue weighted by Crippen LogP contribution is -2.48. The van der Waals surface area contributed by atoms with Gasteiger partial charge < -0.3 is 10.6 Å². The first-order valence-electron chi connectivity index (χ1n) is 7.14. The van der Waals surface area contributed by atoms with Crippen LogP contribution < -0.4 is 10.6 Å². The van der Waals surface area contributed by atoms with Gasteiger partial charge in [-0.1, -0.05) is 12.5 Å². The summed E-state index contributed by atoms with van der Waals surface area (Å²) in [5, 5.41) is 0. The Bertz CT molecular complexity index is 392. The number of anilines is 2. The lowest BCUT2D eigenvalue weighted by atomic mass is 9.85. The van der Waals surface area contributed by atoms with Crippen molar-refractivity contribution in [3.8, 4) is 0 Å². The highest BCUT2D eigenvalue weighted by Gasteiger charge is 2.23. The molecule has 0 amide bonds. The minimum atomic E-state index is 0.865. The van der Waals surface area contributed by atoms with Crippen LogP contribution in [0.2, 0.25) is 0 Å². The van der Waals surface area contributed by atoms with Crippen molar-refractivity contribution in [2.75, 3.05) is 43.4 Å². The van der Waals surface area contributed by atoms with Gasteiger partial charge in [0.05, 0.1) is 0 Å². The van der Waals surface area contributed by atoms with Gasteiger partial charge >= 0.3 is 0 Å². The molecule has 3 rings (SSSR count). The molecule has 3 heteroatoms. The monoisotopic (exact) mass is 245 g/mol. The van der Waals surface area contributed by atoms with E-state index in [0.29, 0.717) is 0 Å². The Hall–Kier alpha value is -1.22. The Morgan fingerprint density at radius 3 is 2.50 bits per heavy atom. The summed E-state index contributed by atoms with van der Waals surface area (Å²) in [6.45, 7) is 5.99. The van der Waals surface area contributed by atoms with Gasteiger partial charge in [-0.2, -0.15) is 0 Å². The molecule has 1 saturated heterocycles. The maximum Gasteiger partial charge on any atom is 0.0387 e. The van der Waals surface area contributed by atoms with E-state index in [1.807, 2.05) is 12.1 Å². The van der Waals surface area contributed by atoms with Gasteiger partial charge in [-0.3, -0.25) is 4.90 Å². The third-order valence-electron chi connectivity index (χ3n) is 4.35. The third kappa shape index (κ3) is 2.61. The minimum absolute atomic E-state index is 0.865. The van der Waals surface area contributed by atoms with E-state index in [2.05, 4.69) is 21.9 Å². The van der Waals surface area contributed by atoms with Crippen molar-refractivity contribution in [2.45, 2.75) is 19.3 Å². The van der Waals surface area contributed by atoms with Crippen molar-refractivity contribution in [2.24, 2.45) is 5.92 Å². The largest absolute Gasteiger partial charge is 0.399 e. The van der Waals surface area contributed by atoms with E-state index >= 15 is 0 Å². The normalized spacial score (nSPS) is 21.9. The molecule has 0 radical (unpaired) electrons. The highest BCUT2D eigenvalue weighted by atomic mass is 15.3. The fourth-order valence-corrected chi connectivity index (χ4v) is 2.95. The molecule has 0 bridgehead atoms. The number of benzene rings is 1. The molecule has 1 saturated carbocycles. The van der Waals surface area contributed by atoms with Crippen molar-refractivity contribution in [1.82, 2.24) is 4.90 Å². The lowest BCUT2D eigenvalue weighted by Gasteiger charge is -2.39. The first-order valence-corrected chi connectivity index (χ1v) is 7.14. The number of piperazine rings is 1. The number of rotatable bonds is 3. The predicted molar refractivity (Wildman–Crippen MR) is 76.8 cm³/mol. The third-order valence-corrected chi connectivity index (χ3v) is 4.35.